The normalized spacial score (nSPS) is 37.3. The maximum atomic E-state index is 14.6. The molecule has 2 aliphatic heterocycles. The number of hydrogen-bond donors (Lipinski definition) is 2. The monoisotopic (exact) mass is 873 g/mol. The first-order valence-corrected chi connectivity index (χ1v) is 19.4. The van der Waals surface area contributed by atoms with Gasteiger partial charge in [-0.3, -0.25) is 29.0 Å². The molecule has 1 spiro atoms. The van der Waals surface area contributed by atoms with Crippen LogP contribution >= 0.6 is 0 Å². The van der Waals surface area contributed by atoms with E-state index in [0.29, 0.717) is 0 Å². The van der Waals surface area contributed by atoms with Crippen molar-refractivity contribution in [1.82, 2.24) is 4.98 Å². The van der Waals surface area contributed by atoms with Crippen LogP contribution in [0.5, 0.6) is 0 Å². The number of aromatic nitrogens is 1. The van der Waals surface area contributed by atoms with Gasteiger partial charge in [0.2, 0.25) is 5.76 Å². The summed E-state index contributed by atoms with van der Waals surface area (Å²) in [7, 11) is 0. The molecular weight excluding hydrogens is 826 g/mol. The number of cyclic esters (lactones) is 1. The van der Waals surface area contributed by atoms with E-state index in [1.165, 1.54) is 38.2 Å². The standard InChI is InChI=1S/C41H47NO20/c1-18-24-12-13-42-15-25(24)34(48)55-16-37(7)27-28(56-20(3)44)32(58-22(5)46)40(17-54-19(2)43)33(59-23(6)47)29(60-35(49)26-11-10-14-53-26)31(61-36(50)38(18,8)51)39(9,52)41(40,62-37)30(27)57-21(4)45/h10-15,18,27-33,51-52H,16-17H2,1-9H3/t18?,27?,28?,29-,30+,31-,32+,33-,37-,38?,39+,40+,41-/m0/s1. The highest BCUT2D eigenvalue weighted by Gasteiger charge is 2.92. The van der Waals surface area contributed by atoms with Crippen LogP contribution in [0, 0.1) is 11.3 Å². The molecule has 4 bridgehead atoms. The maximum Gasteiger partial charge on any atom is 0.374 e. The van der Waals surface area contributed by atoms with Gasteiger partial charge in [-0.05, 0) is 44.5 Å². The van der Waals surface area contributed by atoms with Crippen molar-refractivity contribution >= 4 is 47.8 Å². The van der Waals surface area contributed by atoms with Crippen LogP contribution in [0.1, 0.15) is 94.7 Å². The Morgan fingerprint density at radius 2 is 1.40 bits per heavy atom. The second kappa shape index (κ2) is 16.1. The van der Waals surface area contributed by atoms with E-state index >= 15 is 0 Å². The third-order valence-electron chi connectivity index (χ3n) is 12.3. The van der Waals surface area contributed by atoms with E-state index in [9.17, 15) is 48.6 Å². The summed E-state index contributed by atoms with van der Waals surface area (Å²) in [4.78, 5) is 113. The molecule has 21 heteroatoms. The number of carbonyl (C=O) groups excluding carboxylic acids is 8. The van der Waals surface area contributed by atoms with E-state index in [0.717, 1.165) is 60.9 Å². The fourth-order valence-corrected chi connectivity index (χ4v) is 9.68. The lowest BCUT2D eigenvalue weighted by Gasteiger charge is -2.67. The number of nitrogens with zero attached hydrogens (tertiary/aromatic N) is 1. The first-order valence-electron chi connectivity index (χ1n) is 19.4. The molecule has 6 rings (SSSR count). The van der Waals surface area contributed by atoms with E-state index in [2.05, 4.69) is 4.98 Å². The molecule has 3 fully saturated rings. The summed E-state index contributed by atoms with van der Waals surface area (Å²) < 4.78 is 59.8. The van der Waals surface area contributed by atoms with Gasteiger partial charge in [0.1, 0.15) is 42.0 Å². The average molecular weight is 874 g/mol. The first kappa shape index (κ1) is 45.6. The van der Waals surface area contributed by atoms with Crippen LogP contribution in [0.15, 0.2) is 41.3 Å². The third kappa shape index (κ3) is 7.14. The van der Waals surface area contributed by atoms with Crippen molar-refractivity contribution in [3.8, 4) is 0 Å². The van der Waals surface area contributed by atoms with Crippen LogP contribution in [0.25, 0.3) is 0 Å². The smallest absolute Gasteiger partial charge is 0.374 e. The van der Waals surface area contributed by atoms with E-state index < -0.39 is 143 Å². The number of fused-ring (bicyclic) bond motifs is 5. The van der Waals surface area contributed by atoms with E-state index in [1.807, 2.05) is 0 Å². The van der Waals surface area contributed by atoms with Gasteiger partial charge >= 0.3 is 47.8 Å². The van der Waals surface area contributed by atoms with Gasteiger partial charge in [-0.1, -0.05) is 6.92 Å². The fourth-order valence-electron chi connectivity index (χ4n) is 9.68. The van der Waals surface area contributed by atoms with Gasteiger partial charge in [0, 0.05) is 52.9 Å². The zero-order valence-corrected chi connectivity index (χ0v) is 35.2. The average Bonchev–Trinajstić information content (AvgIpc) is 3.79. The van der Waals surface area contributed by atoms with Crippen molar-refractivity contribution in [2.75, 3.05) is 13.2 Å². The highest BCUT2D eigenvalue weighted by atomic mass is 16.7. The van der Waals surface area contributed by atoms with Crippen molar-refractivity contribution in [2.45, 2.75) is 127 Å². The number of pyridine rings is 1. The lowest BCUT2D eigenvalue weighted by Crippen LogP contribution is -2.89. The van der Waals surface area contributed by atoms with Gasteiger partial charge in [-0.25, -0.2) is 14.4 Å². The lowest BCUT2D eigenvalue weighted by molar-refractivity contribution is -0.386. The fraction of sp³-hybridized carbons (Fsp3) is 0.585. The van der Waals surface area contributed by atoms with Crippen molar-refractivity contribution in [2.24, 2.45) is 11.3 Å². The molecule has 336 valence electrons. The minimum absolute atomic E-state index is 0.0385. The van der Waals surface area contributed by atoms with Gasteiger partial charge in [0.05, 0.1) is 17.7 Å². The Labute approximate surface area is 353 Å². The molecule has 4 unspecified atom stereocenters. The summed E-state index contributed by atoms with van der Waals surface area (Å²) in [6, 6.07) is 3.85. The number of esters is 8. The van der Waals surface area contributed by atoms with Crippen LogP contribution in [-0.2, 0) is 71.4 Å². The molecule has 0 aromatic carbocycles. The molecule has 2 N–H and O–H groups in total. The summed E-state index contributed by atoms with van der Waals surface area (Å²) >= 11 is 0. The predicted molar refractivity (Wildman–Crippen MR) is 199 cm³/mol. The second-order valence-corrected chi connectivity index (χ2v) is 16.4. The highest BCUT2D eigenvalue weighted by molar-refractivity contribution is 5.92. The summed E-state index contributed by atoms with van der Waals surface area (Å²) in [6.45, 7) is 7.54. The molecule has 21 nitrogen and oxygen atoms in total. The molecule has 13 atom stereocenters. The first-order chi connectivity index (χ1) is 28.9. The summed E-state index contributed by atoms with van der Waals surface area (Å²) in [5.41, 5.74) is -13.6. The minimum atomic E-state index is -3.02. The molecule has 4 heterocycles. The summed E-state index contributed by atoms with van der Waals surface area (Å²) in [6.07, 6.45) is -9.42. The van der Waals surface area contributed by atoms with Gasteiger partial charge in [0.15, 0.2) is 35.6 Å². The maximum absolute atomic E-state index is 14.6. The Bertz CT molecular complexity index is 2170. The topological polar surface area (TPSA) is 286 Å². The van der Waals surface area contributed by atoms with Gasteiger partial charge in [-0.2, -0.15) is 0 Å². The molecular formula is C41H47NO20. The van der Waals surface area contributed by atoms with Crippen LogP contribution in [-0.4, -0.2) is 135 Å². The van der Waals surface area contributed by atoms with Crippen LogP contribution in [0.2, 0.25) is 0 Å². The van der Waals surface area contributed by atoms with E-state index in [-0.39, 0.29) is 11.1 Å². The second-order valence-electron chi connectivity index (χ2n) is 16.4. The molecule has 1 saturated heterocycles. The predicted octanol–water partition coefficient (Wildman–Crippen LogP) is 1.04. The molecule has 2 saturated carbocycles. The summed E-state index contributed by atoms with van der Waals surface area (Å²) in [5.74, 6) is -12.7. The van der Waals surface area contributed by atoms with Crippen LogP contribution in [0.3, 0.4) is 0 Å². The number of hydrogen-bond acceptors (Lipinski definition) is 21. The lowest BCUT2D eigenvalue weighted by atomic mass is 9.45. The molecule has 0 amide bonds. The van der Waals surface area contributed by atoms with Gasteiger partial charge < -0.3 is 57.3 Å². The van der Waals surface area contributed by atoms with Crippen LogP contribution in [0.4, 0.5) is 0 Å². The Kier molecular flexibility index (Phi) is 11.8. The van der Waals surface area contributed by atoms with Crippen molar-refractivity contribution in [3.63, 3.8) is 0 Å². The van der Waals surface area contributed by atoms with E-state index in [1.54, 1.807) is 0 Å². The van der Waals surface area contributed by atoms with E-state index in [4.69, 9.17) is 47.0 Å². The van der Waals surface area contributed by atoms with Gasteiger partial charge in [0.25, 0.3) is 0 Å². The zero-order valence-electron chi connectivity index (χ0n) is 35.2. The minimum Gasteiger partial charge on any atom is -0.465 e. The van der Waals surface area contributed by atoms with Crippen LogP contribution < -0.4 is 0 Å². The third-order valence-corrected chi connectivity index (χ3v) is 12.3. The highest BCUT2D eigenvalue weighted by Crippen LogP contribution is 2.70. The number of ether oxygens (including phenoxy) is 9. The Balaban J connectivity index is 1.81. The molecule has 2 aliphatic carbocycles. The Morgan fingerprint density at radius 3 is 1.97 bits per heavy atom. The SMILES string of the molecule is CC(=O)OC[C@]12[C@H](OC(C)=O)C(OC(C)=O)C3[C@@H](OC(C)=O)[C@@]14O[C@@]3(C)COC(=O)c1cnccc1C(C)C(C)(O)C(=O)O[C@@H]([C@H](OC(=O)c1ccco1)[C@@H]2OC(C)=O)[C@@]4(C)O. The number of aliphatic hydroxyl groups is 2. The number of furan rings is 1. The quantitative estimate of drug-likeness (QED) is 0.277. The zero-order chi connectivity index (χ0) is 45.9. The van der Waals surface area contributed by atoms with Crippen molar-refractivity contribution < 1.29 is 95.6 Å². The van der Waals surface area contributed by atoms with Crippen molar-refractivity contribution in [1.29, 1.82) is 0 Å². The molecule has 2 aromatic rings. The summed E-state index contributed by atoms with van der Waals surface area (Å²) in [5, 5.41) is 25.7. The molecule has 4 aliphatic rings. The van der Waals surface area contributed by atoms with Crippen molar-refractivity contribution in [3.05, 3.63) is 53.7 Å². The molecule has 0 radical (unpaired) electrons. The Morgan fingerprint density at radius 1 is 0.806 bits per heavy atom. The molecule has 62 heavy (non-hydrogen) atoms. The number of rotatable bonds is 8. The van der Waals surface area contributed by atoms with Gasteiger partial charge in [-0.15, -0.1) is 0 Å². The molecule has 2 aromatic heterocycles. The number of carbonyl (C=O) groups is 8. The Hall–Kier alpha value is -5.93. The largest absolute Gasteiger partial charge is 0.465 e.